The Morgan fingerprint density at radius 3 is 2.25 bits per heavy atom. The fraction of sp³-hybridized carbons (Fsp3) is 0.409. The Kier molecular flexibility index (Phi) is 7.71. The third kappa shape index (κ3) is 5.55. The van der Waals surface area contributed by atoms with Gasteiger partial charge in [-0.15, -0.1) is 0 Å². The van der Waals surface area contributed by atoms with Gasteiger partial charge < -0.3 is 5.32 Å². The number of piperidine rings is 1. The molecule has 0 aromatic heterocycles. The molecule has 0 spiro atoms. The van der Waals surface area contributed by atoms with Crippen LogP contribution < -0.4 is 5.32 Å². The van der Waals surface area contributed by atoms with E-state index >= 15 is 0 Å². The van der Waals surface area contributed by atoms with Gasteiger partial charge in [-0.25, -0.2) is 21.1 Å². The number of nitrogens with one attached hydrogen (secondary N) is 1. The highest BCUT2D eigenvalue weighted by Crippen LogP contribution is 2.25. The Morgan fingerprint density at radius 1 is 1.00 bits per heavy atom. The maximum absolute atomic E-state index is 13.1. The van der Waals surface area contributed by atoms with Crippen LogP contribution in [0.5, 0.6) is 0 Å². The molecule has 1 amide bonds. The summed E-state index contributed by atoms with van der Waals surface area (Å²) in [5.74, 6) is -0.559. The van der Waals surface area contributed by atoms with Gasteiger partial charge in [0.25, 0.3) is 0 Å². The van der Waals surface area contributed by atoms with Gasteiger partial charge in [0.1, 0.15) is 0 Å². The lowest BCUT2D eigenvalue weighted by Gasteiger charge is -2.31. The molecule has 32 heavy (non-hydrogen) atoms. The lowest BCUT2D eigenvalue weighted by molar-refractivity contribution is -0.126. The lowest BCUT2D eigenvalue weighted by atomic mass is 9.99. The van der Waals surface area contributed by atoms with E-state index in [0.717, 1.165) is 9.87 Å². The van der Waals surface area contributed by atoms with Gasteiger partial charge >= 0.3 is 0 Å². The summed E-state index contributed by atoms with van der Waals surface area (Å²) in [6.07, 6.45) is 1.93. The quantitative estimate of drug-likeness (QED) is 0.621. The van der Waals surface area contributed by atoms with Crippen LogP contribution in [0.1, 0.15) is 18.4 Å². The van der Waals surface area contributed by atoms with E-state index in [4.69, 9.17) is 0 Å². The zero-order valence-corrected chi connectivity index (χ0v) is 19.9. The predicted octanol–water partition coefficient (Wildman–Crippen LogP) is 1.70. The molecule has 2 aromatic rings. The van der Waals surface area contributed by atoms with Crippen molar-refractivity contribution in [1.82, 2.24) is 13.9 Å². The van der Waals surface area contributed by atoms with Gasteiger partial charge in [0.15, 0.2) is 0 Å². The molecular weight excluding hydrogens is 450 g/mol. The number of sulfonamides is 2. The molecule has 1 N–H and O–H groups in total. The minimum absolute atomic E-state index is 0.0142. The van der Waals surface area contributed by atoms with Crippen molar-refractivity contribution in [1.29, 1.82) is 0 Å². The number of carbonyl (C=O) groups excluding carboxylic acids is 1. The van der Waals surface area contributed by atoms with Gasteiger partial charge in [0, 0.05) is 33.7 Å². The van der Waals surface area contributed by atoms with Crippen LogP contribution in [-0.4, -0.2) is 65.1 Å². The van der Waals surface area contributed by atoms with Crippen molar-refractivity contribution in [2.75, 3.05) is 33.7 Å². The Bertz CT molecular complexity index is 1130. The fourth-order valence-corrected chi connectivity index (χ4v) is 6.06. The van der Waals surface area contributed by atoms with Gasteiger partial charge in [-0.05, 0) is 49.1 Å². The summed E-state index contributed by atoms with van der Waals surface area (Å²) in [5.41, 5.74) is 1.13. The molecule has 1 saturated heterocycles. The van der Waals surface area contributed by atoms with Crippen molar-refractivity contribution in [3.05, 3.63) is 60.2 Å². The summed E-state index contributed by atoms with van der Waals surface area (Å²) in [6.45, 7) is 0.930. The molecule has 0 saturated carbocycles. The second-order valence-corrected chi connectivity index (χ2v) is 12.1. The number of amides is 1. The Morgan fingerprint density at radius 2 is 1.62 bits per heavy atom. The second-order valence-electron chi connectivity index (χ2n) is 7.99. The molecule has 1 atom stereocenters. The minimum Gasteiger partial charge on any atom is -0.355 e. The van der Waals surface area contributed by atoms with Crippen LogP contribution in [-0.2, 0) is 31.3 Å². The van der Waals surface area contributed by atoms with E-state index < -0.39 is 26.0 Å². The topological polar surface area (TPSA) is 104 Å². The average Bonchev–Trinajstić information content (AvgIpc) is 2.79. The summed E-state index contributed by atoms with van der Waals surface area (Å²) in [6, 6.07) is 15.0. The van der Waals surface area contributed by atoms with Gasteiger partial charge in [-0.1, -0.05) is 30.3 Å². The molecule has 1 fully saturated rings. The number of hydrogen-bond acceptors (Lipinski definition) is 5. The molecule has 10 heteroatoms. The zero-order valence-electron chi connectivity index (χ0n) is 18.3. The second kappa shape index (κ2) is 10.1. The maximum Gasteiger partial charge on any atom is 0.243 e. The van der Waals surface area contributed by atoms with E-state index in [9.17, 15) is 21.6 Å². The first-order valence-electron chi connectivity index (χ1n) is 10.5. The first-order valence-corrected chi connectivity index (χ1v) is 13.3. The molecule has 0 bridgehead atoms. The Labute approximate surface area is 190 Å². The first-order chi connectivity index (χ1) is 15.1. The van der Waals surface area contributed by atoms with E-state index in [1.807, 2.05) is 30.3 Å². The van der Waals surface area contributed by atoms with E-state index in [0.29, 0.717) is 32.4 Å². The smallest absolute Gasteiger partial charge is 0.243 e. The molecule has 1 aliphatic heterocycles. The van der Waals surface area contributed by atoms with E-state index in [1.54, 1.807) is 0 Å². The highest BCUT2D eigenvalue weighted by Gasteiger charge is 2.33. The molecule has 0 radical (unpaired) electrons. The van der Waals surface area contributed by atoms with Crippen molar-refractivity contribution in [3.63, 3.8) is 0 Å². The molecular formula is C22H29N3O5S2. The number of rotatable bonds is 8. The molecule has 8 nitrogen and oxygen atoms in total. The maximum atomic E-state index is 13.1. The average molecular weight is 480 g/mol. The molecule has 1 heterocycles. The van der Waals surface area contributed by atoms with Crippen LogP contribution >= 0.6 is 0 Å². The third-order valence-corrected chi connectivity index (χ3v) is 9.26. The van der Waals surface area contributed by atoms with Crippen LogP contribution in [0, 0.1) is 5.92 Å². The van der Waals surface area contributed by atoms with Gasteiger partial charge in [-0.3, -0.25) is 4.79 Å². The van der Waals surface area contributed by atoms with Gasteiger partial charge in [0.05, 0.1) is 15.7 Å². The normalized spacial score (nSPS) is 17.9. The van der Waals surface area contributed by atoms with Gasteiger partial charge in [0.2, 0.25) is 26.0 Å². The molecule has 2 aromatic carbocycles. The monoisotopic (exact) mass is 479 g/mol. The summed E-state index contributed by atoms with van der Waals surface area (Å²) in [7, 11) is -4.64. The zero-order chi connectivity index (χ0) is 23.4. The van der Waals surface area contributed by atoms with Crippen molar-refractivity contribution in [3.8, 4) is 0 Å². The molecule has 0 unspecified atom stereocenters. The summed E-state index contributed by atoms with van der Waals surface area (Å²) < 4.78 is 53.0. The Hall–Kier alpha value is -2.27. The number of nitrogens with zero attached hydrogens (tertiary/aromatic N) is 2. The number of carbonyl (C=O) groups is 1. The standard InChI is InChI=1S/C22H29N3O5S2/c1-24(2)31(27,28)20-10-12-21(13-11-20)32(29,30)25-16-6-9-19(17-25)22(26)23-15-14-18-7-4-3-5-8-18/h3-5,7-8,10-13,19H,6,9,14-17H2,1-2H3,(H,23,26)/t19-/m0/s1. The number of benzene rings is 2. The Balaban J connectivity index is 1.64. The number of hydrogen-bond donors (Lipinski definition) is 1. The SMILES string of the molecule is CN(C)S(=O)(=O)c1ccc(S(=O)(=O)N2CCC[C@H](C(=O)NCCc3ccccc3)C2)cc1. The molecule has 3 rings (SSSR count). The van der Waals surface area contributed by atoms with Crippen LogP contribution in [0.25, 0.3) is 0 Å². The van der Waals surface area contributed by atoms with Crippen LogP contribution in [0.3, 0.4) is 0 Å². The highest BCUT2D eigenvalue weighted by molar-refractivity contribution is 7.89. The predicted molar refractivity (Wildman–Crippen MR) is 122 cm³/mol. The van der Waals surface area contributed by atoms with Crippen LogP contribution in [0.2, 0.25) is 0 Å². The van der Waals surface area contributed by atoms with Crippen LogP contribution in [0.4, 0.5) is 0 Å². The first kappa shape index (κ1) is 24.4. The minimum atomic E-state index is -3.83. The van der Waals surface area contributed by atoms with E-state index in [-0.39, 0.29) is 22.2 Å². The summed E-state index contributed by atoms with van der Waals surface area (Å²) in [4.78, 5) is 12.7. The summed E-state index contributed by atoms with van der Waals surface area (Å²) in [5, 5.41) is 2.92. The molecule has 0 aliphatic carbocycles. The van der Waals surface area contributed by atoms with Gasteiger partial charge in [-0.2, -0.15) is 4.31 Å². The van der Waals surface area contributed by atoms with Crippen molar-refractivity contribution in [2.24, 2.45) is 5.92 Å². The summed E-state index contributed by atoms with van der Waals surface area (Å²) >= 11 is 0. The van der Waals surface area contributed by atoms with Crippen molar-refractivity contribution < 1.29 is 21.6 Å². The van der Waals surface area contributed by atoms with Crippen LogP contribution in [0.15, 0.2) is 64.4 Å². The third-order valence-electron chi connectivity index (χ3n) is 5.55. The molecule has 1 aliphatic rings. The highest BCUT2D eigenvalue weighted by atomic mass is 32.2. The van der Waals surface area contributed by atoms with E-state index in [1.165, 1.54) is 42.7 Å². The van der Waals surface area contributed by atoms with E-state index in [2.05, 4.69) is 5.32 Å². The molecule has 174 valence electrons. The van der Waals surface area contributed by atoms with Crippen molar-refractivity contribution >= 4 is 26.0 Å². The van der Waals surface area contributed by atoms with Crippen molar-refractivity contribution in [2.45, 2.75) is 29.1 Å². The largest absolute Gasteiger partial charge is 0.355 e. The fourth-order valence-electron chi connectivity index (χ4n) is 3.64. The lowest BCUT2D eigenvalue weighted by Crippen LogP contribution is -2.45.